The van der Waals surface area contributed by atoms with Gasteiger partial charge < -0.3 is 0 Å². The minimum absolute atomic E-state index is 0.676. The third-order valence-electron chi connectivity index (χ3n) is 1.17. The maximum absolute atomic E-state index is 10.2. The average Bonchev–Trinajstić information content (AvgIpc) is 2.02. The fourth-order valence-corrected chi connectivity index (χ4v) is 0.977. The van der Waals surface area contributed by atoms with Crippen LogP contribution < -0.4 is 10.1 Å². The number of nitrogens with one attached hydrogen (secondary N) is 1. The minimum Gasteiger partial charge on any atom is -0.274 e. The largest absolute Gasteiger partial charge is 0.323 e. The Labute approximate surface area is 71.8 Å². The van der Waals surface area contributed by atoms with E-state index in [9.17, 15) is 8.42 Å². The molecule has 0 aromatic heterocycles. The fourth-order valence-electron chi connectivity index (χ4n) is 0.692. The van der Waals surface area contributed by atoms with E-state index in [0.717, 1.165) is 0 Å². The zero-order valence-electron chi connectivity index (χ0n) is 6.14. The van der Waals surface area contributed by atoms with E-state index in [2.05, 4.69) is 0 Å². The number of hydrogen-bond acceptors (Lipinski definition) is 2. The van der Waals surface area contributed by atoms with E-state index in [0.29, 0.717) is 5.46 Å². The summed E-state index contributed by atoms with van der Waals surface area (Å²) < 4.78 is 30.6. The molecule has 0 bridgehead atoms. The van der Waals surface area contributed by atoms with Crippen molar-refractivity contribution in [2.45, 2.75) is 0 Å². The Morgan fingerprint density at radius 3 is 2.33 bits per heavy atom. The standard InChI is InChI=1S/C6H7BNO3S/c9-12(10,11)8-7-6-4-2-1-3-5-6/h1-5,8H,(H,9,10,11). The van der Waals surface area contributed by atoms with Gasteiger partial charge in [0.25, 0.3) is 7.41 Å². The molecule has 6 heteroatoms. The SMILES string of the molecule is O=S(=O)(O)N[B]c1ccccc1. The summed E-state index contributed by atoms with van der Waals surface area (Å²) in [5.41, 5.74) is 0.676. The highest BCUT2D eigenvalue weighted by Crippen LogP contribution is 1.80. The highest BCUT2D eigenvalue weighted by atomic mass is 32.2. The molecule has 4 nitrogen and oxygen atoms in total. The van der Waals surface area contributed by atoms with Crippen LogP contribution in [-0.4, -0.2) is 20.4 Å². The molecule has 0 aliphatic heterocycles. The van der Waals surface area contributed by atoms with E-state index in [1.807, 2.05) is 10.7 Å². The number of hydrogen-bond donors (Lipinski definition) is 2. The molecule has 63 valence electrons. The lowest BCUT2D eigenvalue weighted by Crippen LogP contribution is -2.34. The van der Waals surface area contributed by atoms with E-state index < -0.39 is 10.3 Å². The van der Waals surface area contributed by atoms with Crippen molar-refractivity contribution in [2.75, 3.05) is 0 Å². The van der Waals surface area contributed by atoms with Crippen LogP contribution in [0.25, 0.3) is 0 Å². The van der Waals surface area contributed by atoms with E-state index in [-0.39, 0.29) is 0 Å². The fraction of sp³-hybridized carbons (Fsp3) is 0. The predicted octanol–water partition coefficient (Wildman–Crippen LogP) is -0.676. The summed E-state index contributed by atoms with van der Waals surface area (Å²) in [5.74, 6) is 0. The molecule has 0 spiro atoms. The molecule has 1 aromatic rings. The smallest absolute Gasteiger partial charge is 0.274 e. The molecule has 1 rings (SSSR count). The van der Waals surface area contributed by atoms with E-state index in [1.54, 1.807) is 24.3 Å². The van der Waals surface area contributed by atoms with Crippen LogP contribution in [0, 0.1) is 0 Å². The molecular formula is C6H7BNO3S. The van der Waals surface area contributed by atoms with Crippen LogP contribution in [0.2, 0.25) is 0 Å². The first kappa shape index (κ1) is 9.24. The van der Waals surface area contributed by atoms with Crippen LogP contribution in [0.1, 0.15) is 0 Å². The molecule has 0 saturated heterocycles. The third-order valence-corrected chi connectivity index (χ3v) is 1.59. The summed E-state index contributed by atoms with van der Waals surface area (Å²) in [6, 6.07) is 8.75. The van der Waals surface area contributed by atoms with Crippen LogP contribution in [0.15, 0.2) is 30.3 Å². The van der Waals surface area contributed by atoms with Gasteiger partial charge in [-0.25, -0.2) is 4.63 Å². The van der Waals surface area contributed by atoms with Crippen molar-refractivity contribution in [3.8, 4) is 0 Å². The summed E-state index contributed by atoms with van der Waals surface area (Å²) in [5, 5.41) is 0. The molecule has 2 N–H and O–H groups in total. The predicted molar refractivity (Wildman–Crippen MR) is 46.5 cm³/mol. The van der Waals surface area contributed by atoms with Crippen molar-refractivity contribution in [3.05, 3.63) is 30.3 Å². The maximum atomic E-state index is 10.2. The van der Waals surface area contributed by atoms with Crippen LogP contribution in [-0.2, 0) is 10.3 Å². The van der Waals surface area contributed by atoms with Gasteiger partial charge in [-0.1, -0.05) is 35.8 Å². The lowest BCUT2D eigenvalue weighted by atomic mass is 9.85. The van der Waals surface area contributed by atoms with Crippen molar-refractivity contribution >= 4 is 23.2 Å². The van der Waals surface area contributed by atoms with Crippen molar-refractivity contribution in [1.82, 2.24) is 4.63 Å². The van der Waals surface area contributed by atoms with Crippen LogP contribution >= 0.6 is 0 Å². The van der Waals surface area contributed by atoms with E-state index in [4.69, 9.17) is 4.55 Å². The van der Waals surface area contributed by atoms with Gasteiger partial charge in [0.2, 0.25) is 0 Å². The van der Waals surface area contributed by atoms with Gasteiger partial charge in [0.05, 0.1) is 0 Å². The van der Waals surface area contributed by atoms with Crippen molar-refractivity contribution in [2.24, 2.45) is 0 Å². The third kappa shape index (κ3) is 3.52. The molecule has 0 aliphatic carbocycles. The first-order chi connectivity index (χ1) is 5.58. The van der Waals surface area contributed by atoms with Gasteiger partial charge in [-0.2, -0.15) is 8.42 Å². The first-order valence-corrected chi connectivity index (χ1v) is 4.65. The van der Waals surface area contributed by atoms with Crippen LogP contribution in [0.4, 0.5) is 0 Å². The summed E-state index contributed by atoms with van der Waals surface area (Å²) >= 11 is 0. The number of benzene rings is 1. The molecule has 0 aliphatic rings. The zero-order valence-corrected chi connectivity index (χ0v) is 6.95. The summed E-state index contributed by atoms with van der Waals surface area (Å²) in [7, 11) is -2.92. The van der Waals surface area contributed by atoms with Gasteiger partial charge in [-0.3, -0.25) is 4.55 Å². The second-order valence-corrected chi connectivity index (χ2v) is 3.33. The van der Waals surface area contributed by atoms with Gasteiger partial charge in [0.15, 0.2) is 0 Å². The van der Waals surface area contributed by atoms with Crippen LogP contribution in [0.3, 0.4) is 0 Å². The molecule has 0 heterocycles. The Hall–Kier alpha value is -0.845. The molecule has 1 radical (unpaired) electrons. The van der Waals surface area contributed by atoms with Gasteiger partial charge in [0, 0.05) is 0 Å². The molecule has 0 saturated carbocycles. The lowest BCUT2D eigenvalue weighted by Gasteiger charge is -1.97. The Morgan fingerprint density at radius 1 is 1.25 bits per heavy atom. The second-order valence-electron chi connectivity index (χ2n) is 2.15. The van der Waals surface area contributed by atoms with E-state index >= 15 is 0 Å². The molecular weight excluding hydrogens is 177 g/mol. The Bertz CT molecular complexity index is 337. The average molecular weight is 184 g/mol. The van der Waals surface area contributed by atoms with Crippen molar-refractivity contribution in [1.29, 1.82) is 0 Å². The quantitative estimate of drug-likeness (QED) is 0.483. The van der Waals surface area contributed by atoms with Crippen molar-refractivity contribution < 1.29 is 13.0 Å². The minimum atomic E-state index is -4.13. The van der Waals surface area contributed by atoms with Gasteiger partial charge in [-0.15, -0.1) is 0 Å². The highest BCUT2D eigenvalue weighted by molar-refractivity contribution is 7.84. The first-order valence-electron chi connectivity index (χ1n) is 3.21. The Balaban J connectivity index is 2.56. The highest BCUT2D eigenvalue weighted by Gasteiger charge is 2.03. The summed E-state index contributed by atoms with van der Waals surface area (Å²) in [6.07, 6.45) is 0. The van der Waals surface area contributed by atoms with Gasteiger partial charge in [0.1, 0.15) is 0 Å². The Kier molecular flexibility index (Phi) is 2.85. The normalized spacial score (nSPS) is 11.1. The molecule has 0 fully saturated rings. The molecule has 0 unspecified atom stereocenters. The summed E-state index contributed by atoms with van der Waals surface area (Å²) in [6.45, 7) is 0. The van der Waals surface area contributed by atoms with E-state index in [1.165, 1.54) is 7.41 Å². The molecule has 0 amide bonds. The lowest BCUT2D eigenvalue weighted by molar-refractivity contribution is 0.480. The second kappa shape index (κ2) is 3.71. The molecule has 12 heavy (non-hydrogen) atoms. The van der Waals surface area contributed by atoms with Gasteiger partial charge >= 0.3 is 10.3 Å². The maximum Gasteiger partial charge on any atom is 0.323 e. The van der Waals surface area contributed by atoms with Crippen molar-refractivity contribution in [3.63, 3.8) is 0 Å². The summed E-state index contributed by atoms with van der Waals surface area (Å²) in [4.78, 5) is 0. The topological polar surface area (TPSA) is 66.4 Å². The van der Waals surface area contributed by atoms with Crippen LogP contribution in [0.5, 0.6) is 0 Å². The molecule has 0 atom stereocenters. The monoisotopic (exact) mass is 184 g/mol. The van der Waals surface area contributed by atoms with Gasteiger partial charge in [-0.05, 0) is 0 Å². The Morgan fingerprint density at radius 2 is 1.83 bits per heavy atom. The zero-order chi connectivity index (χ0) is 9.03. The molecule has 1 aromatic carbocycles. The number of rotatable bonds is 3.